The van der Waals surface area contributed by atoms with Gasteiger partial charge >= 0.3 is 0 Å². The van der Waals surface area contributed by atoms with Crippen LogP contribution in [0.5, 0.6) is 0 Å². The number of amides is 4. The number of benzene rings is 1. The average Bonchev–Trinajstić information content (AvgIpc) is 3.48. The Kier molecular flexibility index (Phi) is 11.2. The molecule has 0 radical (unpaired) electrons. The fourth-order valence-electron chi connectivity index (χ4n) is 4.74. The largest absolute Gasteiger partial charge is 0.354 e. The van der Waals surface area contributed by atoms with Gasteiger partial charge in [0.1, 0.15) is 22.8 Å². The Morgan fingerprint density at radius 3 is 2.55 bits per heavy atom. The Hall–Kier alpha value is -4.12. The molecule has 2 aromatic heterocycles. The highest BCUT2D eigenvalue weighted by molar-refractivity contribution is 7.09. The van der Waals surface area contributed by atoms with E-state index in [2.05, 4.69) is 31.2 Å². The molecule has 42 heavy (non-hydrogen) atoms. The number of carbonyl (C=O) groups is 4. The third-order valence-corrected chi connectivity index (χ3v) is 8.05. The summed E-state index contributed by atoms with van der Waals surface area (Å²) < 4.78 is 0. The summed E-state index contributed by atoms with van der Waals surface area (Å²) in [7, 11) is 0. The minimum atomic E-state index is -0.773. The second-order valence-corrected chi connectivity index (χ2v) is 11.7. The van der Waals surface area contributed by atoms with Crippen molar-refractivity contribution in [2.24, 2.45) is 5.92 Å². The maximum absolute atomic E-state index is 13.5. The number of hydrogen-bond acceptors (Lipinski definition) is 7. The van der Waals surface area contributed by atoms with Crippen LogP contribution in [0, 0.1) is 5.92 Å². The second-order valence-electron chi connectivity index (χ2n) is 10.8. The van der Waals surface area contributed by atoms with Crippen LogP contribution in [0.2, 0.25) is 0 Å². The number of rotatable bonds is 7. The van der Waals surface area contributed by atoms with Crippen LogP contribution in [-0.4, -0.2) is 52.2 Å². The zero-order valence-electron chi connectivity index (χ0n) is 24.0. The zero-order valence-corrected chi connectivity index (χ0v) is 24.8. The lowest BCUT2D eigenvalue weighted by atomic mass is 10.0. The number of nitrogens with one attached hydrogen (secondary N) is 4. The van der Waals surface area contributed by atoms with E-state index in [1.54, 1.807) is 17.8 Å². The highest BCUT2D eigenvalue weighted by Gasteiger charge is 2.29. The summed E-state index contributed by atoms with van der Waals surface area (Å²) in [5.74, 6) is -1.28. The molecule has 1 aliphatic heterocycles. The van der Waals surface area contributed by atoms with Gasteiger partial charge in [-0.1, -0.05) is 50.2 Å². The van der Waals surface area contributed by atoms with Crippen molar-refractivity contribution in [3.63, 3.8) is 0 Å². The molecule has 0 unspecified atom stereocenters. The van der Waals surface area contributed by atoms with E-state index >= 15 is 0 Å². The van der Waals surface area contributed by atoms with Crippen molar-refractivity contribution < 1.29 is 19.2 Å². The number of hydrogen-bond donors (Lipinski definition) is 4. The van der Waals surface area contributed by atoms with Gasteiger partial charge in [-0.2, -0.15) is 0 Å². The van der Waals surface area contributed by atoms with E-state index in [0.717, 1.165) is 11.1 Å². The van der Waals surface area contributed by atoms with Crippen LogP contribution in [0.3, 0.4) is 0 Å². The number of thiazole rings is 1. The molecule has 0 saturated carbocycles. The van der Waals surface area contributed by atoms with Crippen molar-refractivity contribution in [3.8, 4) is 0 Å². The molecule has 4 N–H and O–H groups in total. The van der Waals surface area contributed by atoms with E-state index in [1.165, 1.54) is 11.3 Å². The van der Waals surface area contributed by atoms with E-state index < -0.39 is 24.0 Å². The Morgan fingerprint density at radius 1 is 1.02 bits per heavy atom. The number of aromatic nitrogens is 2. The van der Waals surface area contributed by atoms with Gasteiger partial charge in [-0.25, -0.2) is 4.98 Å². The van der Waals surface area contributed by atoms with E-state index in [0.29, 0.717) is 43.7 Å². The number of fused-ring (bicyclic) bond motifs is 2. The first kappa shape index (κ1) is 30.8. The van der Waals surface area contributed by atoms with Gasteiger partial charge in [0.15, 0.2) is 0 Å². The molecule has 4 amide bonds. The minimum absolute atomic E-state index is 0.0200. The molecule has 0 fully saturated rings. The van der Waals surface area contributed by atoms with Gasteiger partial charge in [0.2, 0.25) is 17.7 Å². The first-order chi connectivity index (χ1) is 20.3. The molecular weight excluding hydrogens is 552 g/mol. The number of carbonyl (C=O) groups excluding carboxylic acids is 4. The zero-order chi connectivity index (χ0) is 29.9. The van der Waals surface area contributed by atoms with Crippen LogP contribution < -0.4 is 21.3 Å². The first-order valence-corrected chi connectivity index (χ1v) is 15.2. The Morgan fingerprint density at radius 2 is 1.81 bits per heavy atom. The van der Waals surface area contributed by atoms with Crippen LogP contribution in [0.25, 0.3) is 0 Å². The summed E-state index contributed by atoms with van der Waals surface area (Å²) in [4.78, 5) is 61.3. The Balaban J connectivity index is 1.51. The quantitative estimate of drug-likeness (QED) is 0.333. The summed E-state index contributed by atoms with van der Waals surface area (Å²) in [5.41, 5.74) is 2.06. The van der Waals surface area contributed by atoms with Crippen LogP contribution in [0.1, 0.15) is 72.2 Å². The molecule has 1 aromatic carbocycles. The van der Waals surface area contributed by atoms with E-state index in [1.807, 2.05) is 56.3 Å². The van der Waals surface area contributed by atoms with Crippen molar-refractivity contribution in [1.82, 2.24) is 31.2 Å². The molecule has 10 nitrogen and oxygen atoms in total. The highest BCUT2D eigenvalue weighted by atomic mass is 32.1. The third kappa shape index (κ3) is 8.94. The van der Waals surface area contributed by atoms with Crippen LogP contribution in [0.15, 0.2) is 60.2 Å². The molecule has 1 aliphatic rings. The number of aryl methyl sites for hydroxylation is 1. The summed E-state index contributed by atoms with van der Waals surface area (Å²) in [5, 5.41) is 14.0. The average molecular weight is 591 g/mol. The molecular formula is C31H38N6O4S. The molecule has 222 valence electrons. The first-order valence-electron chi connectivity index (χ1n) is 14.4. The molecule has 3 aromatic rings. The Labute approximate surface area is 250 Å². The normalized spacial score (nSPS) is 20.4. The minimum Gasteiger partial charge on any atom is -0.354 e. The molecule has 11 heteroatoms. The van der Waals surface area contributed by atoms with Crippen LogP contribution >= 0.6 is 11.3 Å². The van der Waals surface area contributed by atoms with Gasteiger partial charge < -0.3 is 21.3 Å². The van der Waals surface area contributed by atoms with Crippen LogP contribution in [-0.2, 0) is 27.2 Å². The lowest BCUT2D eigenvalue weighted by Gasteiger charge is -2.25. The number of pyridine rings is 1. The molecule has 4 rings (SSSR count). The highest BCUT2D eigenvalue weighted by Crippen LogP contribution is 2.26. The van der Waals surface area contributed by atoms with Crippen LogP contribution in [0.4, 0.5) is 0 Å². The third-order valence-electron chi connectivity index (χ3n) is 7.12. The molecule has 3 atom stereocenters. The lowest BCUT2D eigenvalue weighted by Crippen LogP contribution is -2.49. The SMILES string of the molecule is CC(C)[C@H]1NC(=O)[C@@H](NC(=O)CCc2cccnc2)CCCCNC(=O)[C@@H](Cc2ccccc2)NC(=O)c2csc1n2. The Bertz CT molecular complexity index is 1350. The summed E-state index contributed by atoms with van der Waals surface area (Å²) in [6, 6.07) is 11.3. The van der Waals surface area contributed by atoms with Crippen molar-refractivity contribution in [1.29, 1.82) is 0 Å². The fourth-order valence-corrected chi connectivity index (χ4v) is 5.76. The molecule has 0 aliphatic carbocycles. The standard InChI is InChI=1S/C31H38N6O4S/c1-20(2)27-31-36-25(19-42-31)30(41)35-24(17-21-9-4-3-5-10-21)28(39)33-16-7-6-12-23(29(40)37-27)34-26(38)14-13-22-11-8-15-32-18-22/h3-5,8-11,15,18-20,23-24,27H,6-7,12-14,16-17H2,1-2H3,(H,33,39)(H,34,38)(H,35,41)(H,37,40)/t23-,24+,27+/m0/s1. The van der Waals surface area contributed by atoms with E-state index in [-0.39, 0.29) is 35.8 Å². The predicted molar refractivity (Wildman–Crippen MR) is 161 cm³/mol. The maximum atomic E-state index is 13.5. The van der Waals surface area contributed by atoms with Crippen molar-refractivity contribution in [2.45, 2.75) is 70.5 Å². The molecule has 0 saturated heterocycles. The van der Waals surface area contributed by atoms with Gasteiger partial charge in [0.25, 0.3) is 5.91 Å². The van der Waals surface area contributed by atoms with Gasteiger partial charge in [-0.05, 0) is 48.8 Å². The molecule has 3 heterocycles. The predicted octanol–water partition coefficient (Wildman–Crippen LogP) is 3.11. The monoisotopic (exact) mass is 590 g/mol. The topological polar surface area (TPSA) is 142 Å². The van der Waals surface area contributed by atoms with Crippen molar-refractivity contribution in [3.05, 3.63) is 82.1 Å². The van der Waals surface area contributed by atoms with Gasteiger partial charge in [0.05, 0.1) is 6.04 Å². The van der Waals surface area contributed by atoms with E-state index in [9.17, 15) is 19.2 Å². The molecule has 2 bridgehead atoms. The fraction of sp³-hybridized carbons (Fsp3) is 0.419. The second kappa shape index (κ2) is 15.2. The maximum Gasteiger partial charge on any atom is 0.271 e. The van der Waals surface area contributed by atoms with Gasteiger partial charge in [0, 0.05) is 37.2 Å². The number of nitrogens with zero attached hydrogens (tertiary/aromatic N) is 2. The van der Waals surface area contributed by atoms with Gasteiger partial charge in [-0.15, -0.1) is 11.3 Å². The summed E-state index contributed by atoms with van der Waals surface area (Å²) in [6.07, 6.45) is 6.11. The smallest absolute Gasteiger partial charge is 0.271 e. The lowest BCUT2D eigenvalue weighted by molar-refractivity contribution is -0.129. The van der Waals surface area contributed by atoms with Crippen molar-refractivity contribution in [2.75, 3.05) is 6.54 Å². The molecule has 0 spiro atoms. The van der Waals surface area contributed by atoms with Crippen molar-refractivity contribution >= 4 is 35.0 Å². The van der Waals surface area contributed by atoms with E-state index in [4.69, 9.17) is 0 Å². The summed E-state index contributed by atoms with van der Waals surface area (Å²) >= 11 is 1.28. The summed E-state index contributed by atoms with van der Waals surface area (Å²) in [6.45, 7) is 4.30. The van der Waals surface area contributed by atoms with Gasteiger partial charge in [-0.3, -0.25) is 24.2 Å².